The molecule has 3 aromatic rings. The normalized spacial score (nSPS) is 10.5. The third kappa shape index (κ3) is 6.31. The summed E-state index contributed by atoms with van der Waals surface area (Å²) in [6.07, 6.45) is 0. The number of esters is 1. The molecule has 0 fully saturated rings. The second kappa shape index (κ2) is 10.8. The van der Waals surface area contributed by atoms with E-state index in [0.717, 1.165) is 26.6 Å². The van der Waals surface area contributed by atoms with E-state index >= 15 is 0 Å². The van der Waals surface area contributed by atoms with Crippen LogP contribution in [0, 0.1) is 0 Å². The lowest BCUT2D eigenvalue weighted by molar-refractivity contribution is -0.150. The molecule has 0 atom stereocenters. The first kappa shape index (κ1) is 23.3. The van der Waals surface area contributed by atoms with E-state index in [-0.39, 0.29) is 12.5 Å². The van der Waals surface area contributed by atoms with Crippen molar-refractivity contribution in [2.45, 2.75) is 6.54 Å². The Balaban J connectivity index is 1.46. The minimum absolute atomic E-state index is 0.323. The molecule has 166 valence electrons. The van der Waals surface area contributed by atoms with Crippen LogP contribution < -0.4 is 10.1 Å². The van der Waals surface area contributed by atoms with E-state index in [0.29, 0.717) is 12.1 Å². The number of hydrogen-bond acceptors (Lipinski definition) is 5. The number of likely N-dealkylation sites (N-methyl/N-ethyl adjacent to an activating group) is 1. The van der Waals surface area contributed by atoms with Crippen LogP contribution in [-0.2, 0) is 20.9 Å². The molecule has 0 unspecified atom stereocenters. The van der Waals surface area contributed by atoms with Crippen molar-refractivity contribution < 1.29 is 23.9 Å². The van der Waals surface area contributed by atoms with Crippen LogP contribution in [0.15, 0.2) is 65.1 Å². The molecule has 8 heteroatoms. The van der Waals surface area contributed by atoms with Crippen LogP contribution in [-0.4, -0.2) is 50.0 Å². The lowest BCUT2D eigenvalue weighted by atomic mass is 10.1. The highest BCUT2D eigenvalue weighted by Gasteiger charge is 2.14. The molecule has 0 saturated carbocycles. The minimum atomic E-state index is -0.685. The Morgan fingerprint density at radius 1 is 1.00 bits per heavy atom. The van der Waals surface area contributed by atoms with Gasteiger partial charge < -0.3 is 19.7 Å². The fraction of sp³-hybridized carbons (Fsp3) is 0.208. The zero-order chi connectivity index (χ0) is 23.1. The van der Waals surface area contributed by atoms with Crippen molar-refractivity contribution in [1.82, 2.24) is 10.2 Å². The summed E-state index contributed by atoms with van der Waals surface area (Å²) >= 11 is 3.29. The maximum absolute atomic E-state index is 12.3. The number of amides is 2. The molecule has 0 radical (unpaired) electrons. The van der Waals surface area contributed by atoms with Crippen molar-refractivity contribution in [3.05, 3.63) is 76.3 Å². The van der Waals surface area contributed by atoms with Crippen LogP contribution >= 0.6 is 15.9 Å². The van der Waals surface area contributed by atoms with Gasteiger partial charge >= 0.3 is 5.97 Å². The lowest BCUT2D eigenvalue weighted by Crippen LogP contribution is -2.34. The minimum Gasteiger partial charge on any atom is -0.497 e. The molecule has 0 aliphatic heterocycles. The van der Waals surface area contributed by atoms with E-state index < -0.39 is 18.5 Å². The van der Waals surface area contributed by atoms with Gasteiger partial charge in [-0.1, -0.05) is 40.2 Å². The third-order valence-corrected chi connectivity index (χ3v) is 5.29. The van der Waals surface area contributed by atoms with Crippen molar-refractivity contribution >= 4 is 44.5 Å². The van der Waals surface area contributed by atoms with Gasteiger partial charge in [-0.2, -0.15) is 0 Å². The maximum atomic E-state index is 12.3. The van der Waals surface area contributed by atoms with E-state index in [1.807, 2.05) is 36.4 Å². The number of carbonyl (C=O) groups excluding carboxylic acids is 3. The van der Waals surface area contributed by atoms with Crippen LogP contribution in [0.5, 0.6) is 5.75 Å². The molecule has 1 N–H and O–H groups in total. The zero-order valence-electron chi connectivity index (χ0n) is 17.8. The molecule has 2 amide bonds. The fourth-order valence-electron chi connectivity index (χ4n) is 3.05. The summed E-state index contributed by atoms with van der Waals surface area (Å²) < 4.78 is 11.0. The molecule has 0 saturated heterocycles. The number of nitrogens with zero attached hydrogens (tertiary/aromatic N) is 1. The lowest BCUT2D eigenvalue weighted by Gasteiger charge is -2.17. The van der Waals surface area contributed by atoms with Crippen molar-refractivity contribution in [2.24, 2.45) is 0 Å². The first-order chi connectivity index (χ1) is 15.4. The van der Waals surface area contributed by atoms with Gasteiger partial charge in [-0.05, 0) is 52.7 Å². The van der Waals surface area contributed by atoms with Crippen LogP contribution in [0.3, 0.4) is 0 Å². The third-order valence-electron chi connectivity index (χ3n) is 4.79. The Bertz CT molecular complexity index is 1150. The smallest absolute Gasteiger partial charge is 0.325 e. The number of methoxy groups -OCH3 is 1. The predicted molar refractivity (Wildman–Crippen MR) is 124 cm³/mol. The quantitative estimate of drug-likeness (QED) is 0.480. The molecule has 3 aromatic carbocycles. The summed E-state index contributed by atoms with van der Waals surface area (Å²) in [6.45, 7) is -0.346. The Morgan fingerprint density at radius 3 is 2.50 bits per heavy atom. The van der Waals surface area contributed by atoms with Crippen LogP contribution in [0.1, 0.15) is 15.9 Å². The first-order valence-electron chi connectivity index (χ1n) is 9.86. The number of rotatable bonds is 8. The van der Waals surface area contributed by atoms with Gasteiger partial charge in [-0.15, -0.1) is 0 Å². The average Bonchev–Trinajstić information content (AvgIpc) is 2.80. The zero-order valence-corrected chi connectivity index (χ0v) is 19.3. The highest BCUT2D eigenvalue weighted by atomic mass is 79.9. The Labute approximate surface area is 194 Å². The van der Waals surface area contributed by atoms with E-state index in [1.165, 1.54) is 4.90 Å². The molecule has 0 spiro atoms. The summed E-state index contributed by atoms with van der Waals surface area (Å²) in [6, 6.07) is 18.5. The van der Waals surface area contributed by atoms with Gasteiger partial charge in [-0.25, -0.2) is 0 Å². The number of halogens is 1. The molecule has 0 aromatic heterocycles. The molecule has 0 aliphatic carbocycles. The number of carbonyl (C=O) groups is 3. The SMILES string of the molecule is COc1ccc2cc(CN(C)C(=O)COC(=O)CNC(=O)c3cccc(Br)c3)ccc2c1. The van der Waals surface area contributed by atoms with Crippen LogP contribution in [0.2, 0.25) is 0 Å². The van der Waals surface area contributed by atoms with Crippen molar-refractivity contribution in [2.75, 3.05) is 27.3 Å². The van der Waals surface area contributed by atoms with E-state index in [9.17, 15) is 14.4 Å². The maximum Gasteiger partial charge on any atom is 0.325 e. The van der Waals surface area contributed by atoms with E-state index in [4.69, 9.17) is 9.47 Å². The topological polar surface area (TPSA) is 84.9 Å². The van der Waals surface area contributed by atoms with Gasteiger partial charge in [0.2, 0.25) is 0 Å². The second-order valence-corrected chi connectivity index (χ2v) is 8.07. The largest absolute Gasteiger partial charge is 0.497 e. The molecular formula is C24H23BrN2O5. The molecule has 0 aliphatic rings. The van der Waals surface area contributed by atoms with Crippen LogP contribution in [0.4, 0.5) is 0 Å². The van der Waals surface area contributed by atoms with Crippen LogP contribution in [0.25, 0.3) is 10.8 Å². The van der Waals surface area contributed by atoms with Gasteiger partial charge in [0.05, 0.1) is 7.11 Å². The fourth-order valence-corrected chi connectivity index (χ4v) is 3.45. The van der Waals surface area contributed by atoms with Crippen molar-refractivity contribution in [1.29, 1.82) is 0 Å². The average molecular weight is 499 g/mol. The van der Waals surface area contributed by atoms with Gasteiger partial charge in [0.15, 0.2) is 6.61 Å². The van der Waals surface area contributed by atoms with Crippen molar-refractivity contribution in [3.63, 3.8) is 0 Å². The summed E-state index contributed by atoms with van der Waals surface area (Å²) in [4.78, 5) is 37.8. The number of nitrogens with one attached hydrogen (secondary N) is 1. The number of ether oxygens (including phenoxy) is 2. The first-order valence-corrected chi connectivity index (χ1v) is 10.6. The summed E-state index contributed by atoms with van der Waals surface area (Å²) in [5.41, 5.74) is 1.36. The Hall–Kier alpha value is -3.39. The number of fused-ring (bicyclic) bond motifs is 1. The molecule has 3 rings (SSSR count). The highest BCUT2D eigenvalue weighted by molar-refractivity contribution is 9.10. The van der Waals surface area contributed by atoms with Gasteiger partial charge in [-0.3, -0.25) is 14.4 Å². The molecular weight excluding hydrogens is 476 g/mol. The molecule has 7 nitrogen and oxygen atoms in total. The molecule has 0 bridgehead atoms. The highest BCUT2D eigenvalue weighted by Crippen LogP contribution is 2.22. The molecule has 32 heavy (non-hydrogen) atoms. The Morgan fingerprint density at radius 2 is 1.75 bits per heavy atom. The summed E-state index contributed by atoms with van der Waals surface area (Å²) in [5.74, 6) is -0.644. The van der Waals surface area contributed by atoms with Gasteiger partial charge in [0.25, 0.3) is 11.8 Å². The van der Waals surface area contributed by atoms with E-state index in [2.05, 4.69) is 21.2 Å². The number of benzene rings is 3. The standard InChI is InChI=1S/C24H23BrN2O5/c1-27(14-16-6-7-18-12-21(31-2)9-8-17(18)10-16)22(28)15-32-23(29)13-26-24(30)19-4-3-5-20(25)11-19/h3-12H,13-15H2,1-2H3,(H,26,30). The van der Waals surface area contributed by atoms with E-state index in [1.54, 1.807) is 38.4 Å². The Kier molecular flexibility index (Phi) is 7.83. The summed E-state index contributed by atoms with van der Waals surface area (Å²) in [5, 5.41) is 4.56. The summed E-state index contributed by atoms with van der Waals surface area (Å²) in [7, 11) is 3.27. The number of hydrogen-bond donors (Lipinski definition) is 1. The van der Waals surface area contributed by atoms with Gasteiger partial charge in [0.1, 0.15) is 12.3 Å². The monoisotopic (exact) mass is 498 g/mol. The second-order valence-electron chi connectivity index (χ2n) is 7.15. The molecule has 0 heterocycles. The van der Waals surface area contributed by atoms with Crippen molar-refractivity contribution in [3.8, 4) is 5.75 Å². The van der Waals surface area contributed by atoms with Gasteiger partial charge in [0, 0.05) is 23.6 Å². The predicted octanol–water partition coefficient (Wildman–Crippen LogP) is 3.54.